The number of carbonyl (C=O) groups is 3. The number of imide groups is 1. The first-order chi connectivity index (χ1) is 8.88. The van der Waals surface area contributed by atoms with Crippen molar-refractivity contribution in [1.82, 2.24) is 4.90 Å². The highest BCUT2D eigenvalue weighted by Gasteiger charge is 2.42. The smallest absolute Gasteiger partial charge is 0.416 e. The van der Waals surface area contributed by atoms with Crippen molar-refractivity contribution in [2.24, 2.45) is 11.8 Å². The second kappa shape index (κ2) is 6.36. The Morgan fingerprint density at radius 2 is 2.21 bits per heavy atom. The van der Waals surface area contributed by atoms with Crippen LogP contribution in [0.25, 0.3) is 0 Å². The van der Waals surface area contributed by atoms with Gasteiger partial charge in [-0.2, -0.15) is 0 Å². The Bertz CT molecular complexity index is 390. The third-order valence-corrected chi connectivity index (χ3v) is 3.13. The predicted molar refractivity (Wildman–Crippen MR) is 67.4 cm³/mol. The molecule has 0 aromatic rings. The summed E-state index contributed by atoms with van der Waals surface area (Å²) in [5, 5.41) is 8.82. The van der Waals surface area contributed by atoms with Crippen LogP contribution in [0.4, 0.5) is 4.79 Å². The first kappa shape index (κ1) is 15.2. The number of hydrogen-bond donors (Lipinski definition) is 1. The van der Waals surface area contributed by atoms with E-state index in [2.05, 4.69) is 6.58 Å². The Morgan fingerprint density at radius 1 is 1.58 bits per heavy atom. The van der Waals surface area contributed by atoms with Gasteiger partial charge < -0.3 is 9.84 Å². The Balaban J connectivity index is 2.90. The van der Waals surface area contributed by atoms with Crippen molar-refractivity contribution < 1.29 is 24.2 Å². The van der Waals surface area contributed by atoms with Crippen molar-refractivity contribution >= 4 is 18.0 Å². The second-order valence-corrected chi connectivity index (χ2v) is 4.92. The van der Waals surface area contributed by atoms with E-state index in [9.17, 15) is 14.4 Å². The van der Waals surface area contributed by atoms with Gasteiger partial charge in [0, 0.05) is 0 Å². The van der Waals surface area contributed by atoms with Crippen molar-refractivity contribution in [3.05, 3.63) is 12.7 Å². The maximum absolute atomic E-state index is 12.3. The first-order valence-corrected chi connectivity index (χ1v) is 6.21. The molecule has 6 nitrogen and oxygen atoms in total. The molecule has 106 valence electrons. The number of carbonyl (C=O) groups excluding carboxylic acids is 2. The number of aliphatic carboxylic acids is 1. The molecule has 0 aromatic heterocycles. The molecule has 1 N–H and O–H groups in total. The molecule has 0 bridgehead atoms. The number of rotatable bonds is 6. The lowest BCUT2D eigenvalue weighted by Gasteiger charge is -2.25. The maximum Gasteiger partial charge on any atom is 0.416 e. The van der Waals surface area contributed by atoms with E-state index in [0.29, 0.717) is 0 Å². The fourth-order valence-electron chi connectivity index (χ4n) is 2.06. The Morgan fingerprint density at radius 3 is 2.68 bits per heavy atom. The molecule has 1 fully saturated rings. The summed E-state index contributed by atoms with van der Waals surface area (Å²) in [5.41, 5.74) is 0. The van der Waals surface area contributed by atoms with Gasteiger partial charge in [-0.15, -0.1) is 6.58 Å². The SMILES string of the molecule is C=CC[C@H](CC(=O)O)C(=O)N1C(=O)OC[C@@H]1C(C)C. The van der Waals surface area contributed by atoms with E-state index in [1.165, 1.54) is 6.08 Å². The molecular weight excluding hydrogens is 250 g/mol. The highest BCUT2D eigenvalue weighted by Crippen LogP contribution is 2.24. The number of nitrogens with zero attached hydrogens (tertiary/aromatic N) is 1. The monoisotopic (exact) mass is 269 g/mol. The van der Waals surface area contributed by atoms with Crippen LogP contribution in [-0.4, -0.2) is 40.6 Å². The predicted octanol–water partition coefficient (Wildman–Crippen LogP) is 1.66. The highest BCUT2D eigenvalue weighted by molar-refractivity contribution is 5.96. The summed E-state index contributed by atoms with van der Waals surface area (Å²) in [4.78, 5) is 35.8. The summed E-state index contributed by atoms with van der Waals surface area (Å²) < 4.78 is 4.89. The van der Waals surface area contributed by atoms with Gasteiger partial charge in [0.05, 0.1) is 18.4 Å². The van der Waals surface area contributed by atoms with Crippen LogP contribution in [0.3, 0.4) is 0 Å². The highest BCUT2D eigenvalue weighted by atomic mass is 16.6. The zero-order valence-corrected chi connectivity index (χ0v) is 11.2. The zero-order valence-electron chi connectivity index (χ0n) is 11.2. The number of amides is 2. The summed E-state index contributed by atoms with van der Waals surface area (Å²) in [7, 11) is 0. The summed E-state index contributed by atoms with van der Waals surface area (Å²) >= 11 is 0. The van der Waals surface area contributed by atoms with Crippen LogP contribution in [0.1, 0.15) is 26.7 Å². The van der Waals surface area contributed by atoms with Crippen LogP contribution in [-0.2, 0) is 14.3 Å². The van der Waals surface area contributed by atoms with E-state index < -0.39 is 23.9 Å². The van der Waals surface area contributed by atoms with Gasteiger partial charge in [-0.25, -0.2) is 9.69 Å². The number of allylic oxidation sites excluding steroid dienone is 1. The summed E-state index contributed by atoms with van der Waals surface area (Å²) in [6.45, 7) is 7.44. The topological polar surface area (TPSA) is 83.9 Å². The average Bonchev–Trinajstić information content (AvgIpc) is 2.69. The van der Waals surface area contributed by atoms with E-state index in [4.69, 9.17) is 9.84 Å². The number of carboxylic acids is 1. The number of cyclic esters (lactones) is 1. The fourth-order valence-corrected chi connectivity index (χ4v) is 2.06. The van der Waals surface area contributed by atoms with E-state index in [-0.39, 0.29) is 31.4 Å². The van der Waals surface area contributed by atoms with E-state index in [1.54, 1.807) is 0 Å². The number of carboxylic acid groups (broad SMARTS) is 1. The Labute approximate surface area is 112 Å². The summed E-state index contributed by atoms with van der Waals surface area (Å²) in [6, 6.07) is -0.332. The zero-order chi connectivity index (χ0) is 14.6. The van der Waals surface area contributed by atoms with Crippen LogP contribution in [0.15, 0.2) is 12.7 Å². The Kier molecular flexibility index (Phi) is 5.09. The van der Waals surface area contributed by atoms with E-state index >= 15 is 0 Å². The van der Waals surface area contributed by atoms with Crippen LogP contribution >= 0.6 is 0 Å². The van der Waals surface area contributed by atoms with Gasteiger partial charge in [0.25, 0.3) is 0 Å². The molecule has 2 amide bonds. The fraction of sp³-hybridized carbons (Fsp3) is 0.615. The van der Waals surface area contributed by atoms with Gasteiger partial charge in [-0.1, -0.05) is 19.9 Å². The molecular formula is C13H19NO5. The molecule has 1 aliphatic rings. The van der Waals surface area contributed by atoms with Crippen molar-refractivity contribution in [2.45, 2.75) is 32.7 Å². The quantitative estimate of drug-likeness (QED) is 0.741. The molecule has 1 aliphatic heterocycles. The summed E-state index contributed by atoms with van der Waals surface area (Å²) in [5.74, 6) is -2.29. The van der Waals surface area contributed by atoms with Gasteiger partial charge in [0.1, 0.15) is 6.61 Å². The number of ether oxygens (including phenoxy) is 1. The molecule has 0 aliphatic carbocycles. The summed E-state index contributed by atoms with van der Waals surface area (Å²) in [6.07, 6.45) is 0.694. The van der Waals surface area contributed by atoms with Crippen LogP contribution in [0.5, 0.6) is 0 Å². The third-order valence-electron chi connectivity index (χ3n) is 3.13. The van der Waals surface area contributed by atoms with Crippen LogP contribution < -0.4 is 0 Å². The van der Waals surface area contributed by atoms with Crippen molar-refractivity contribution in [3.63, 3.8) is 0 Å². The van der Waals surface area contributed by atoms with Crippen molar-refractivity contribution in [3.8, 4) is 0 Å². The molecule has 19 heavy (non-hydrogen) atoms. The minimum absolute atomic E-state index is 0.0598. The largest absolute Gasteiger partial charge is 0.481 e. The van der Waals surface area contributed by atoms with Gasteiger partial charge >= 0.3 is 12.1 Å². The molecule has 6 heteroatoms. The van der Waals surface area contributed by atoms with Gasteiger partial charge in [-0.3, -0.25) is 9.59 Å². The molecule has 0 saturated carbocycles. The van der Waals surface area contributed by atoms with Crippen molar-refractivity contribution in [2.75, 3.05) is 6.61 Å². The van der Waals surface area contributed by atoms with Crippen LogP contribution in [0.2, 0.25) is 0 Å². The molecule has 1 heterocycles. The standard InChI is InChI=1S/C13H19NO5/c1-4-5-9(6-11(15)16)12(17)14-10(8(2)3)7-19-13(14)18/h4,8-10H,1,5-7H2,2-3H3,(H,15,16)/t9-,10-/m1/s1. The maximum atomic E-state index is 12.3. The lowest BCUT2D eigenvalue weighted by molar-refractivity contribution is -0.143. The second-order valence-electron chi connectivity index (χ2n) is 4.92. The lowest BCUT2D eigenvalue weighted by atomic mass is 9.97. The minimum Gasteiger partial charge on any atom is -0.481 e. The number of hydrogen-bond acceptors (Lipinski definition) is 4. The van der Waals surface area contributed by atoms with E-state index in [0.717, 1.165) is 4.90 Å². The average molecular weight is 269 g/mol. The normalized spacial score (nSPS) is 20.3. The Hall–Kier alpha value is -1.85. The molecule has 0 unspecified atom stereocenters. The molecule has 1 saturated heterocycles. The molecule has 0 aromatic carbocycles. The van der Waals surface area contributed by atoms with Gasteiger partial charge in [-0.05, 0) is 12.3 Å². The van der Waals surface area contributed by atoms with Gasteiger partial charge in [0.15, 0.2) is 0 Å². The molecule has 0 spiro atoms. The minimum atomic E-state index is -1.08. The van der Waals surface area contributed by atoms with Crippen LogP contribution in [0, 0.1) is 11.8 Å². The molecule has 2 atom stereocenters. The first-order valence-electron chi connectivity index (χ1n) is 6.21. The van der Waals surface area contributed by atoms with Crippen molar-refractivity contribution in [1.29, 1.82) is 0 Å². The van der Waals surface area contributed by atoms with Gasteiger partial charge in [0.2, 0.25) is 5.91 Å². The van der Waals surface area contributed by atoms with E-state index in [1.807, 2.05) is 13.8 Å². The lowest BCUT2D eigenvalue weighted by Crippen LogP contribution is -2.45. The molecule has 1 rings (SSSR count). The molecule has 0 radical (unpaired) electrons. The third kappa shape index (κ3) is 3.56.